The molecule has 9 nitrogen and oxygen atoms in total. The minimum atomic E-state index is -0.976. The van der Waals surface area contributed by atoms with Gasteiger partial charge in [-0.05, 0) is 39.0 Å². The first-order chi connectivity index (χ1) is 15.6. The fraction of sp³-hybridized carbons (Fsp3) is 0.273. The number of hydrogen-bond donors (Lipinski definition) is 0. The number of rotatable bonds is 7. The summed E-state index contributed by atoms with van der Waals surface area (Å²) in [6.07, 6.45) is 0.448. The predicted octanol–water partition coefficient (Wildman–Crippen LogP) is 3.15. The van der Waals surface area contributed by atoms with Crippen LogP contribution in [-0.4, -0.2) is 32.8 Å². The number of hydrogen-bond acceptors (Lipinski definition) is 7. The molecule has 0 N–H and O–H groups in total. The van der Waals surface area contributed by atoms with Gasteiger partial charge in [-0.1, -0.05) is 11.6 Å². The van der Waals surface area contributed by atoms with Gasteiger partial charge in [0.25, 0.3) is 11.4 Å². The van der Waals surface area contributed by atoms with E-state index in [-0.39, 0.29) is 34.7 Å². The first-order valence-corrected chi connectivity index (χ1v) is 10.3. The Morgan fingerprint density at radius 3 is 2.67 bits per heavy atom. The van der Waals surface area contributed by atoms with Crippen molar-refractivity contribution >= 4 is 17.6 Å². The Kier molecular flexibility index (Phi) is 7.17. The van der Waals surface area contributed by atoms with Gasteiger partial charge in [-0.3, -0.25) is 4.79 Å². The Balaban J connectivity index is 2.03. The van der Waals surface area contributed by atoms with E-state index in [0.29, 0.717) is 10.3 Å². The summed E-state index contributed by atoms with van der Waals surface area (Å²) in [6.45, 7) is 4.92. The average molecular weight is 478 g/mol. The number of carbonyl (C=O) groups is 1. The Labute approximate surface area is 192 Å². The van der Waals surface area contributed by atoms with Crippen LogP contribution in [0.1, 0.15) is 19.5 Å². The molecule has 1 unspecified atom stereocenters. The van der Waals surface area contributed by atoms with Gasteiger partial charge in [0.05, 0.1) is 17.3 Å². The van der Waals surface area contributed by atoms with Gasteiger partial charge in [-0.15, -0.1) is 0 Å². The van der Waals surface area contributed by atoms with E-state index in [1.165, 1.54) is 36.9 Å². The normalized spacial score (nSPS) is 11.7. The first kappa shape index (κ1) is 24.0. The highest BCUT2D eigenvalue weighted by Crippen LogP contribution is 2.36. The summed E-state index contributed by atoms with van der Waals surface area (Å²) in [6, 6.07) is 6.31. The fourth-order valence-corrected chi connectivity index (χ4v) is 3.05. The molecule has 0 spiro atoms. The molecule has 0 bridgehead atoms. The van der Waals surface area contributed by atoms with Gasteiger partial charge in [-0.25, -0.2) is 23.5 Å². The Bertz CT molecular complexity index is 1320. The van der Waals surface area contributed by atoms with Crippen LogP contribution >= 0.6 is 11.6 Å². The Morgan fingerprint density at radius 1 is 1.24 bits per heavy atom. The monoisotopic (exact) mass is 477 g/mol. The van der Waals surface area contributed by atoms with Crippen LogP contribution in [0, 0.1) is 12.7 Å². The van der Waals surface area contributed by atoms with Crippen LogP contribution in [0.25, 0.3) is 5.69 Å². The van der Waals surface area contributed by atoms with Crippen molar-refractivity contribution in [2.75, 3.05) is 6.61 Å². The lowest BCUT2D eigenvalue weighted by molar-refractivity contribution is -0.150. The lowest BCUT2D eigenvalue weighted by Crippen LogP contribution is -2.38. The Morgan fingerprint density at radius 2 is 1.97 bits per heavy atom. The van der Waals surface area contributed by atoms with Gasteiger partial charge in [-0.2, -0.15) is 0 Å². The summed E-state index contributed by atoms with van der Waals surface area (Å²) in [5, 5.41) is -0.124. The van der Waals surface area contributed by atoms with Crippen LogP contribution in [0.2, 0.25) is 5.02 Å². The first-order valence-electron chi connectivity index (χ1n) is 9.89. The summed E-state index contributed by atoms with van der Waals surface area (Å²) in [5.74, 6) is -1.52. The van der Waals surface area contributed by atoms with Crippen molar-refractivity contribution in [1.82, 2.24) is 14.1 Å². The molecule has 0 radical (unpaired) electrons. The van der Waals surface area contributed by atoms with Crippen LogP contribution in [0.3, 0.4) is 0 Å². The zero-order chi connectivity index (χ0) is 24.3. The summed E-state index contributed by atoms with van der Waals surface area (Å²) in [4.78, 5) is 41.0. The molecule has 0 aliphatic rings. The van der Waals surface area contributed by atoms with E-state index in [1.807, 2.05) is 0 Å². The third kappa shape index (κ3) is 5.06. The van der Waals surface area contributed by atoms with Gasteiger partial charge in [0.2, 0.25) is 0 Å². The van der Waals surface area contributed by atoms with Crippen molar-refractivity contribution in [3.8, 4) is 23.1 Å². The summed E-state index contributed by atoms with van der Waals surface area (Å²) >= 11 is 6.15. The molecule has 1 aromatic carbocycles. The van der Waals surface area contributed by atoms with E-state index in [9.17, 15) is 18.8 Å². The molecule has 0 aliphatic carbocycles. The van der Waals surface area contributed by atoms with E-state index in [4.69, 9.17) is 25.8 Å². The maximum absolute atomic E-state index is 14.7. The maximum Gasteiger partial charge on any atom is 0.347 e. The number of carbonyl (C=O) groups excluding carboxylic acids is 1. The third-order valence-corrected chi connectivity index (χ3v) is 4.96. The predicted molar refractivity (Wildman–Crippen MR) is 118 cm³/mol. The minimum absolute atomic E-state index is 0.0385. The van der Waals surface area contributed by atoms with Gasteiger partial charge < -0.3 is 18.8 Å². The van der Waals surface area contributed by atoms with Crippen LogP contribution in [-0.2, 0) is 16.6 Å². The molecule has 11 heteroatoms. The van der Waals surface area contributed by atoms with Crippen molar-refractivity contribution in [2.24, 2.45) is 7.05 Å². The second-order valence-corrected chi connectivity index (χ2v) is 7.36. The molecular weight excluding hydrogens is 457 g/mol. The molecule has 0 saturated carbocycles. The third-order valence-electron chi connectivity index (χ3n) is 4.67. The van der Waals surface area contributed by atoms with E-state index in [2.05, 4.69) is 4.98 Å². The van der Waals surface area contributed by atoms with Crippen LogP contribution < -0.4 is 20.7 Å². The maximum atomic E-state index is 14.7. The lowest BCUT2D eigenvalue weighted by Gasteiger charge is -2.17. The highest BCUT2D eigenvalue weighted by Gasteiger charge is 2.21. The molecule has 1 atom stereocenters. The molecule has 3 aromatic rings. The van der Waals surface area contributed by atoms with Crippen molar-refractivity contribution in [3.05, 3.63) is 73.9 Å². The SMILES string of the molecule is CCOC(=O)C(C)Oc1ncccc1Oc1cc(-n2c(=O)cc(C)n(C)c2=O)c(F)cc1Cl. The Hall–Kier alpha value is -3.66. The van der Waals surface area contributed by atoms with Crippen molar-refractivity contribution in [3.63, 3.8) is 0 Å². The quantitative estimate of drug-likeness (QED) is 0.482. The number of ether oxygens (including phenoxy) is 3. The number of aromatic nitrogens is 3. The molecule has 0 amide bonds. The summed E-state index contributed by atoms with van der Waals surface area (Å²) in [5.41, 5.74) is -1.37. The van der Waals surface area contributed by atoms with E-state index >= 15 is 0 Å². The van der Waals surface area contributed by atoms with E-state index in [0.717, 1.165) is 12.1 Å². The largest absolute Gasteiger partial charge is 0.463 e. The second kappa shape index (κ2) is 9.86. The molecule has 2 aromatic heterocycles. The van der Waals surface area contributed by atoms with Crippen LogP contribution in [0.15, 0.2) is 46.1 Å². The standard InChI is InChI=1S/C22H21ClFN3O6/c1-5-31-21(29)13(3)32-20-17(7-6-8-25-20)33-18-11-16(15(24)10-14(18)23)27-19(28)9-12(2)26(4)22(27)30/h6-11,13H,5H2,1-4H3. The topological polar surface area (TPSA) is 102 Å². The fourth-order valence-electron chi connectivity index (χ4n) is 2.86. The molecule has 33 heavy (non-hydrogen) atoms. The lowest BCUT2D eigenvalue weighted by atomic mass is 10.2. The van der Waals surface area contributed by atoms with Crippen molar-refractivity contribution < 1.29 is 23.4 Å². The molecule has 3 rings (SSSR count). The summed E-state index contributed by atoms with van der Waals surface area (Å²) in [7, 11) is 1.46. The van der Waals surface area contributed by atoms with E-state index < -0.39 is 29.1 Å². The number of pyridine rings is 1. The zero-order valence-corrected chi connectivity index (χ0v) is 19.1. The molecule has 0 saturated heterocycles. The smallest absolute Gasteiger partial charge is 0.347 e. The van der Waals surface area contributed by atoms with Crippen molar-refractivity contribution in [1.29, 1.82) is 0 Å². The second-order valence-electron chi connectivity index (χ2n) is 6.96. The number of esters is 1. The van der Waals surface area contributed by atoms with Gasteiger partial charge >= 0.3 is 11.7 Å². The highest BCUT2D eigenvalue weighted by molar-refractivity contribution is 6.32. The summed E-state index contributed by atoms with van der Waals surface area (Å²) < 4.78 is 32.8. The minimum Gasteiger partial charge on any atom is -0.463 e. The van der Waals surface area contributed by atoms with Crippen LogP contribution in [0.5, 0.6) is 17.4 Å². The molecular formula is C22H21ClFN3O6. The number of halogens is 2. The zero-order valence-electron chi connectivity index (χ0n) is 18.3. The van der Waals surface area contributed by atoms with Crippen molar-refractivity contribution in [2.45, 2.75) is 26.9 Å². The van der Waals surface area contributed by atoms with E-state index in [1.54, 1.807) is 19.9 Å². The van der Waals surface area contributed by atoms with Crippen LogP contribution in [0.4, 0.5) is 4.39 Å². The molecule has 0 fully saturated rings. The molecule has 174 valence electrons. The molecule has 2 heterocycles. The molecule has 0 aliphatic heterocycles. The van der Waals surface area contributed by atoms with Gasteiger partial charge in [0.15, 0.2) is 11.9 Å². The number of nitrogens with zero attached hydrogens (tertiary/aromatic N) is 3. The number of aryl methyl sites for hydroxylation is 1. The highest BCUT2D eigenvalue weighted by atomic mass is 35.5. The average Bonchev–Trinajstić information content (AvgIpc) is 2.76. The number of benzene rings is 1. The van der Waals surface area contributed by atoms with Gasteiger partial charge in [0.1, 0.15) is 11.6 Å². The van der Waals surface area contributed by atoms with Gasteiger partial charge in [0, 0.05) is 31.1 Å².